The highest BCUT2D eigenvalue weighted by atomic mass is 79.9. The summed E-state index contributed by atoms with van der Waals surface area (Å²) >= 11 is 3.30. The first-order chi connectivity index (χ1) is 6.18. The summed E-state index contributed by atoms with van der Waals surface area (Å²) in [6.45, 7) is 1.02. The Labute approximate surface area is 85.7 Å². The van der Waals surface area contributed by atoms with E-state index in [9.17, 15) is 4.39 Å². The molecule has 0 atom stereocenters. The highest BCUT2D eigenvalue weighted by Crippen LogP contribution is 2.31. The van der Waals surface area contributed by atoms with Crippen molar-refractivity contribution in [2.75, 3.05) is 18.5 Å². The number of benzene rings is 1. The summed E-state index contributed by atoms with van der Waals surface area (Å²) in [5, 5.41) is 0. The molecule has 0 saturated carbocycles. The van der Waals surface area contributed by atoms with Crippen molar-refractivity contribution >= 4 is 21.6 Å². The molecule has 1 aromatic rings. The lowest BCUT2D eigenvalue weighted by Gasteiger charge is -2.27. The maximum Gasteiger partial charge on any atom is 0.129 e. The minimum Gasteiger partial charge on any atom is -0.374 e. The molecule has 2 rings (SSSR count). The second-order valence-electron chi connectivity index (χ2n) is 3.41. The van der Waals surface area contributed by atoms with Gasteiger partial charge in [-0.3, -0.25) is 0 Å². The summed E-state index contributed by atoms with van der Waals surface area (Å²) in [4.78, 5) is 2.10. The lowest BCUT2D eigenvalue weighted by Crippen LogP contribution is -2.25. The van der Waals surface area contributed by atoms with Gasteiger partial charge in [0.15, 0.2) is 0 Å². The SMILES string of the molecule is CN1CCCc2c(F)cc(Br)cc21. The van der Waals surface area contributed by atoms with Crippen LogP contribution in [0.25, 0.3) is 0 Å². The first-order valence-electron chi connectivity index (χ1n) is 4.37. The van der Waals surface area contributed by atoms with Gasteiger partial charge in [-0.25, -0.2) is 4.39 Å². The van der Waals surface area contributed by atoms with Crippen molar-refractivity contribution in [2.24, 2.45) is 0 Å². The number of hydrogen-bond donors (Lipinski definition) is 0. The quantitative estimate of drug-likeness (QED) is 0.678. The van der Waals surface area contributed by atoms with Gasteiger partial charge in [0.1, 0.15) is 5.82 Å². The molecule has 1 aromatic carbocycles. The summed E-state index contributed by atoms with van der Waals surface area (Å²) in [5.41, 5.74) is 1.88. The van der Waals surface area contributed by atoms with Gasteiger partial charge in [-0.1, -0.05) is 15.9 Å². The van der Waals surface area contributed by atoms with Crippen LogP contribution in [0.4, 0.5) is 10.1 Å². The van der Waals surface area contributed by atoms with Crippen molar-refractivity contribution in [1.29, 1.82) is 0 Å². The number of rotatable bonds is 0. The Hall–Kier alpha value is -0.570. The Bertz CT molecular complexity index is 338. The second kappa shape index (κ2) is 3.29. The monoisotopic (exact) mass is 243 g/mol. The lowest BCUT2D eigenvalue weighted by atomic mass is 10.0. The van der Waals surface area contributed by atoms with E-state index in [0.29, 0.717) is 0 Å². The fourth-order valence-electron chi connectivity index (χ4n) is 1.79. The molecule has 0 radical (unpaired) electrons. The molecule has 70 valence electrons. The molecule has 0 N–H and O–H groups in total. The molecular formula is C10H11BrFN. The van der Waals surface area contributed by atoms with E-state index in [-0.39, 0.29) is 5.82 Å². The highest BCUT2D eigenvalue weighted by Gasteiger charge is 2.17. The molecule has 1 heterocycles. The predicted octanol–water partition coefficient (Wildman–Crippen LogP) is 2.97. The predicted molar refractivity (Wildman–Crippen MR) is 55.7 cm³/mol. The minimum absolute atomic E-state index is 0.0871. The molecule has 3 heteroatoms. The average Bonchev–Trinajstić information content (AvgIpc) is 2.07. The third-order valence-electron chi connectivity index (χ3n) is 2.47. The molecule has 1 nitrogen and oxygen atoms in total. The third kappa shape index (κ3) is 1.57. The Morgan fingerprint density at radius 2 is 2.23 bits per heavy atom. The molecule has 0 unspecified atom stereocenters. The van der Waals surface area contributed by atoms with E-state index in [2.05, 4.69) is 20.8 Å². The number of halogens is 2. The molecule has 0 spiro atoms. The molecule has 0 aliphatic carbocycles. The third-order valence-corrected chi connectivity index (χ3v) is 2.93. The number of anilines is 1. The summed E-state index contributed by atoms with van der Waals surface area (Å²) in [6.07, 6.45) is 1.90. The van der Waals surface area contributed by atoms with Crippen molar-refractivity contribution in [1.82, 2.24) is 0 Å². The zero-order valence-corrected chi connectivity index (χ0v) is 9.07. The summed E-state index contributed by atoms with van der Waals surface area (Å²) in [5.74, 6) is -0.0871. The normalized spacial score (nSPS) is 15.8. The first kappa shape index (κ1) is 9.00. The van der Waals surface area contributed by atoms with E-state index in [4.69, 9.17) is 0 Å². The van der Waals surface area contributed by atoms with Crippen LogP contribution < -0.4 is 4.90 Å². The van der Waals surface area contributed by atoms with E-state index in [0.717, 1.165) is 35.1 Å². The molecule has 0 fully saturated rings. The molecule has 0 bridgehead atoms. The van der Waals surface area contributed by atoms with Gasteiger partial charge in [-0.05, 0) is 25.0 Å². The zero-order chi connectivity index (χ0) is 9.42. The lowest BCUT2D eigenvalue weighted by molar-refractivity contribution is 0.593. The van der Waals surface area contributed by atoms with E-state index in [1.807, 2.05) is 13.1 Å². The zero-order valence-electron chi connectivity index (χ0n) is 7.48. The van der Waals surface area contributed by atoms with Gasteiger partial charge < -0.3 is 4.90 Å². The van der Waals surface area contributed by atoms with Crippen LogP contribution in [-0.4, -0.2) is 13.6 Å². The Morgan fingerprint density at radius 3 is 3.00 bits per heavy atom. The van der Waals surface area contributed by atoms with Crippen molar-refractivity contribution in [3.63, 3.8) is 0 Å². The summed E-state index contributed by atoms with van der Waals surface area (Å²) < 4.78 is 14.3. The number of hydrogen-bond acceptors (Lipinski definition) is 1. The largest absolute Gasteiger partial charge is 0.374 e. The van der Waals surface area contributed by atoms with E-state index in [1.54, 1.807) is 0 Å². The highest BCUT2D eigenvalue weighted by molar-refractivity contribution is 9.10. The van der Waals surface area contributed by atoms with Gasteiger partial charge in [-0.2, -0.15) is 0 Å². The molecular weight excluding hydrogens is 233 g/mol. The Kier molecular flexibility index (Phi) is 2.28. The van der Waals surface area contributed by atoms with E-state index < -0.39 is 0 Å². The maximum absolute atomic E-state index is 13.4. The average molecular weight is 244 g/mol. The minimum atomic E-state index is -0.0871. The maximum atomic E-state index is 13.4. The Balaban J connectivity index is 2.56. The van der Waals surface area contributed by atoms with E-state index in [1.165, 1.54) is 6.07 Å². The van der Waals surface area contributed by atoms with Crippen LogP contribution in [0.2, 0.25) is 0 Å². The fraction of sp³-hybridized carbons (Fsp3) is 0.400. The van der Waals surface area contributed by atoms with Crippen LogP contribution >= 0.6 is 15.9 Å². The van der Waals surface area contributed by atoms with Gasteiger partial charge in [0.25, 0.3) is 0 Å². The standard InChI is InChI=1S/C10H11BrFN/c1-13-4-2-3-8-9(12)5-7(11)6-10(8)13/h5-6H,2-4H2,1H3. The summed E-state index contributed by atoms with van der Waals surface area (Å²) in [6, 6.07) is 3.52. The topological polar surface area (TPSA) is 3.24 Å². The molecule has 0 aromatic heterocycles. The second-order valence-corrected chi connectivity index (χ2v) is 4.33. The van der Waals surface area contributed by atoms with Crippen molar-refractivity contribution in [3.05, 3.63) is 28.0 Å². The fourth-order valence-corrected chi connectivity index (χ4v) is 2.21. The van der Waals surface area contributed by atoms with Crippen molar-refractivity contribution in [3.8, 4) is 0 Å². The Morgan fingerprint density at radius 1 is 1.46 bits per heavy atom. The number of fused-ring (bicyclic) bond motifs is 1. The van der Waals surface area contributed by atoms with Gasteiger partial charge >= 0.3 is 0 Å². The molecule has 0 saturated heterocycles. The van der Waals surface area contributed by atoms with Gasteiger partial charge in [-0.15, -0.1) is 0 Å². The molecule has 0 amide bonds. The van der Waals surface area contributed by atoms with Crippen LogP contribution in [0.3, 0.4) is 0 Å². The molecule has 1 aliphatic rings. The van der Waals surface area contributed by atoms with Crippen LogP contribution in [0.1, 0.15) is 12.0 Å². The van der Waals surface area contributed by atoms with Crippen molar-refractivity contribution < 1.29 is 4.39 Å². The first-order valence-corrected chi connectivity index (χ1v) is 5.17. The van der Waals surface area contributed by atoms with Crippen LogP contribution in [0.5, 0.6) is 0 Å². The summed E-state index contributed by atoms with van der Waals surface area (Å²) in [7, 11) is 2.00. The van der Waals surface area contributed by atoms with Crippen molar-refractivity contribution in [2.45, 2.75) is 12.8 Å². The van der Waals surface area contributed by atoms with E-state index >= 15 is 0 Å². The van der Waals surface area contributed by atoms with Crippen LogP contribution in [0, 0.1) is 5.82 Å². The van der Waals surface area contributed by atoms with Gasteiger partial charge in [0.05, 0.1) is 0 Å². The van der Waals surface area contributed by atoms with Gasteiger partial charge in [0, 0.05) is 29.3 Å². The van der Waals surface area contributed by atoms with Crippen LogP contribution in [0.15, 0.2) is 16.6 Å². The molecule has 1 aliphatic heterocycles. The van der Waals surface area contributed by atoms with Crippen LogP contribution in [-0.2, 0) is 6.42 Å². The molecule has 13 heavy (non-hydrogen) atoms. The number of nitrogens with zero attached hydrogens (tertiary/aromatic N) is 1. The smallest absolute Gasteiger partial charge is 0.129 e. The van der Waals surface area contributed by atoms with Gasteiger partial charge in [0.2, 0.25) is 0 Å².